The highest BCUT2D eigenvalue weighted by Gasteiger charge is 2.16. The number of H-pyrrole nitrogens is 1. The molecule has 7 heteroatoms. The fourth-order valence-corrected chi connectivity index (χ4v) is 2.15. The van der Waals surface area contributed by atoms with Gasteiger partial charge in [0.2, 0.25) is 0 Å². The van der Waals surface area contributed by atoms with Gasteiger partial charge in [-0.3, -0.25) is 10.1 Å². The first-order valence-corrected chi connectivity index (χ1v) is 6.36. The van der Waals surface area contributed by atoms with Crippen LogP contribution in [0, 0.1) is 21.4 Å². The molecule has 0 fully saturated rings. The molecular formula is C15H9N5O2. The molecule has 2 aromatic carbocycles. The maximum Gasteiger partial charge on any atom is 0.269 e. The van der Waals surface area contributed by atoms with Crippen LogP contribution in [0.3, 0.4) is 0 Å². The first-order chi connectivity index (χ1) is 10.7. The van der Waals surface area contributed by atoms with Crippen LogP contribution in [0.5, 0.6) is 0 Å². The Balaban J connectivity index is 2.10. The molecule has 1 aromatic heterocycles. The lowest BCUT2D eigenvalue weighted by Gasteiger charge is -2.03. The molecule has 0 aliphatic carbocycles. The molecule has 0 aliphatic heterocycles. The lowest BCUT2D eigenvalue weighted by atomic mass is 10.0. The van der Waals surface area contributed by atoms with Crippen molar-refractivity contribution in [2.45, 2.75) is 0 Å². The van der Waals surface area contributed by atoms with Crippen molar-refractivity contribution in [3.05, 3.63) is 64.2 Å². The summed E-state index contributed by atoms with van der Waals surface area (Å²) in [4.78, 5) is 10.2. The van der Waals surface area contributed by atoms with Gasteiger partial charge in [0.05, 0.1) is 16.6 Å². The number of hydrogen-bond donors (Lipinski definition) is 1. The van der Waals surface area contributed by atoms with Gasteiger partial charge in [0.25, 0.3) is 5.69 Å². The lowest BCUT2D eigenvalue weighted by Crippen LogP contribution is -1.89. The van der Waals surface area contributed by atoms with E-state index in [9.17, 15) is 15.4 Å². The Kier molecular flexibility index (Phi) is 3.34. The molecule has 0 saturated heterocycles. The SMILES string of the molecule is N#Cc1ccccc1-c1n[nH]nc1-c1ccc([N+](=O)[O-])cc1. The van der Waals surface area contributed by atoms with E-state index in [-0.39, 0.29) is 5.69 Å². The molecule has 0 unspecified atom stereocenters. The lowest BCUT2D eigenvalue weighted by molar-refractivity contribution is -0.384. The van der Waals surface area contributed by atoms with Gasteiger partial charge < -0.3 is 0 Å². The van der Waals surface area contributed by atoms with E-state index < -0.39 is 4.92 Å². The topological polar surface area (TPSA) is 108 Å². The summed E-state index contributed by atoms with van der Waals surface area (Å²) in [6, 6.07) is 15.2. The van der Waals surface area contributed by atoms with Gasteiger partial charge >= 0.3 is 0 Å². The van der Waals surface area contributed by atoms with Gasteiger partial charge in [-0.1, -0.05) is 18.2 Å². The number of benzene rings is 2. The molecule has 0 atom stereocenters. The maximum atomic E-state index is 10.7. The fraction of sp³-hybridized carbons (Fsp3) is 0. The number of non-ortho nitro benzene ring substituents is 1. The monoisotopic (exact) mass is 291 g/mol. The van der Waals surface area contributed by atoms with E-state index in [2.05, 4.69) is 21.5 Å². The summed E-state index contributed by atoms with van der Waals surface area (Å²) in [5, 5.41) is 30.6. The van der Waals surface area contributed by atoms with E-state index in [0.29, 0.717) is 28.1 Å². The van der Waals surface area contributed by atoms with Crippen LogP contribution in [0.4, 0.5) is 5.69 Å². The van der Waals surface area contributed by atoms with Crippen molar-refractivity contribution in [3.63, 3.8) is 0 Å². The molecule has 0 spiro atoms. The minimum atomic E-state index is -0.460. The third-order valence-electron chi connectivity index (χ3n) is 3.20. The Morgan fingerprint density at radius 3 is 2.41 bits per heavy atom. The molecule has 0 radical (unpaired) electrons. The van der Waals surface area contributed by atoms with E-state index in [1.165, 1.54) is 12.1 Å². The molecule has 106 valence electrons. The number of nitrogens with one attached hydrogen (secondary N) is 1. The van der Waals surface area contributed by atoms with Crippen molar-refractivity contribution >= 4 is 5.69 Å². The van der Waals surface area contributed by atoms with Crippen LogP contribution in [-0.4, -0.2) is 20.3 Å². The minimum Gasteiger partial charge on any atom is -0.258 e. The zero-order chi connectivity index (χ0) is 15.5. The van der Waals surface area contributed by atoms with Crippen LogP contribution in [-0.2, 0) is 0 Å². The predicted molar refractivity (Wildman–Crippen MR) is 78.6 cm³/mol. The molecule has 0 bridgehead atoms. The number of rotatable bonds is 3. The normalized spacial score (nSPS) is 10.1. The molecule has 7 nitrogen and oxygen atoms in total. The van der Waals surface area contributed by atoms with Gasteiger partial charge in [0, 0.05) is 23.3 Å². The quantitative estimate of drug-likeness (QED) is 0.589. The van der Waals surface area contributed by atoms with Gasteiger partial charge in [-0.15, -0.1) is 0 Å². The van der Waals surface area contributed by atoms with Crippen molar-refractivity contribution in [2.24, 2.45) is 0 Å². The van der Waals surface area contributed by atoms with Crippen LogP contribution < -0.4 is 0 Å². The number of nitriles is 1. The second kappa shape index (κ2) is 5.46. The van der Waals surface area contributed by atoms with Crippen LogP contribution in [0.1, 0.15) is 5.56 Å². The molecular weight excluding hydrogens is 282 g/mol. The Labute approximate surface area is 125 Å². The first-order valence-electron chi connectivity index (χ1n) is 6.36. The smallest absolute Gasteiger partial charge is 0.258 e. The Morgan fingerprint density at radius 1 is 1.05 bits per heavy atom. The second-order valence-electron chi connectivity index (χ2n) is 4.48. The molecule has 3 rings (SSSR count). The van der Waals surface area contributed by atoms with Crippen molar-refractivity contribution < 1.29 is 4.92 Å². The van der Waals surface area contributed by atoms with E-state index in [1.807, 2.05) is 6.07 Å². The van der Waals surface area contributed by atoms with Crippen molar-refractivity contribution in [1.29, 1.82) is 5.26 Å². The zero-order valence-corrected chi connectivity index (χ0v) is 11.2. The second-order valence-corrected chi connectivity index (χ2v) is 4.48. The third-order valence-corrected chi connectivity index (χ3v) is 3.20. The van der Waals surface area contributed by atoms with E-state index in [4.69, 9.17) is 0 Å². The fourth-order valence-electron chi connectivity index (χ4n) is 2.15. The van der Waals surface area contributed by atoms with E-state index >= 15 is 0 Å². The molecule has 0 aliphatic rings. The molecule has 3 aromatic rings. The molecule has 1 N–H and O–H groups in total. The summed E-state index contributed by atoms with van der Waals surface area (Å²) in [5.41, 5.74) is 2.91. The standard InChI is InChI=1S/C15H9N5O2/c16-9-11-3-1-2-4-13(11)15-14(17-19-18-15)10-5-7-12(8-6-10)20(21)22/h1-8H,(H,17,18,19). The van der Waals surface area contributed by atoms with Gasteiger partial charge in [0.1, 0.15) is 11.4 Å². The number of nitrogens with zero attached hydrogens (tertiary/aromatic N) is 4. The van der Waals surface area contributed by atoms with E-state index in [1.54, 1.807) is 30.3 Å². The molecule has 1 heterocycles. The first kappa shape index (κ1) is 13.5. The Bertz CT molecular complexity index is 877. The minimum absolute atomic E-state index is 0.00576. The number of hydrogen-bond acceptors (Lipinski definition) is 5. The van der Waals surface area contributed by atoms with Crippen LogP contribution in [0.15, 0.2) is 48.5 Å². The van der Waals surface area contributed by atoms with Gasteiger partial charge in [0.15, 0.2) is 0 Å². The highest BCUT2D eigenvalue weighted by atomic mass is 16.6. The maximum absolute atomic E-state index is 10.7. The number of nitro benzene ring substituents is 1. The van der Waals surface area contributed by atoms with Gasteiger partial charge in [-0.05, 0) is 18.2 Å². The van der Waals surface area contributed by atoms with Crippen LogP contribution in [0.25, 0.3) is 22.5 Å². The zero-order valence-electron chi connectivity index (χ0n) is 11.2. The summed E-state index contributed by atoms with van der Waals surface area (Å²) in [5.74, 6) is 0. The molecule has 0 saturated carbocycles. The predicted octanol–water partition coefficient (Wildman–Crippen LogP) is 2.92. The van der Waals surface area contributed by atoms with Gasteiger partial charge in [-0.25, -0.2) is 0 Å². The van der Waals surface area contributed by atoms with Crippen molar-refractivity contribution in [1.82, 2.24) is 15.4 Å². The van der Waals surface area contributed by atoms with E-state index in [0.717, 1.165) is 0 Å². The van der Waals surface area contributed by atoms with Crippen LogP contribution in [0.2, 0.25) is 0 Å². The summed E-state index contributed by atoms with van der Waals surface area (Å²) in [7, 11) is 0. The number of nitro groups is 1. The molecule has 22 heavy (non-hydrogen) atoms. The summed E-state index contributed by atoms with van der Waals surface area (Å²) in [6.45, 7) is 0. The van der Waals surface area contributed by atoms with Crippen molar-refractivity contribution in [2.75, 3.05) is 0 Å². The summed E-state index contributed by atoms with van der Waals surface area (Å²) < 4.78 is 0. The summed E-state index contributed by atoms with van der Waals surface area (Å²) in [6.07, 6.45) is 0. The molecule has 0 amide bonds. The summed E-state index contributed by atoms with van der Waals surface area (Å²) >= 11 is 0. The average Bonchev–Trinajstić information content (AvgIpc) is 3.04. The highest BCUT2D eigenvalue weighted by Crippen LogP contribution is 2.30. The Hall–Kier alpha value is -3.53. The number of aromatic nitrogens is 3. The average molecular weight is 291 g/mol. The third kappa shape index (κ3) is 2.29. The Morgan fingerprint density at radius 2 is 1.73 bits per heavy atom. The number of aromatic amines is 1. The van der Waals surface area contributed by atoms with Gasteiger partial charge in [-0.2, -0.15) is 20.7 Å². The highest BCUT2D eigenvalue weighted by molar-refractivity contribution is 5.80. The largest absolute Gasteiger partial charge is 0.269 e. The van der Waals surface area contributed by atoms with Crippen molar-refractivity contribution in [3.8, 4) is 28.6 Å². The van der Waals surface area contributed by atoms with Crippen LogP contribution >= 0.6 is 0 Å².